The molecule has 1 aliphatic rings. The summed E-state index contributed by atoms with van der Waals surface area (Å²) in [5.74, 6) is -1.56. The van der Waals surface area contributed by atoms with Gasteiger partial charge in [-0.1, -0.05) is 6.07 Å². The Morgan fingerprint density at radius 1 is 1.33 bits per heavy atom. The van der Waals surface area contributed by atoms with Crippen LogP contribution in [0.2, 0.25) is 0 Å². The molecular weight excluding hydrogens is 410 g/mol. The molecule has 3 N–H and O–H groups in total. The first-order chi connectivity index (χ1) is 9.90. The van der Waals surface area contributed by atoms with E-state index in [0.29, 0.717) is 14.6 Å². The van der Waals surface area contributed by atoms with Gasteiger partial charge in [0.05, 0.1) is 5.69 Å². The van der Waals surface area contributed by atoms with Crippen molar-refractivity contribution in [3.63, 3.8) is 0 Å². The van der Waals surface area contributed by atoms with Gasteiger partial charge in [0.25, 0.3) is 0 Å². The number of piperazine rings is 1. The number of hydrogen-bond acceptors (Lipinski definition) is 3. The van der Waals surface area contributed by atoms with Crippen LogP contribution in [0.5, 0.6) is 0 Å². The van der Waals surface area contributed by atoms with Crippen LogP contribution in [-0.2, 0) is 9.59 Å². The van der Waals surface area contributed by atoms with E-state index < -0.39 is 23.9 Å². The van der Waals surface area contributed by atoms with Gasteiger partial charge in [0.2, 0.25) is 5.91 Å². The summed E-state index contributed by atoms with van der Waals surface area (Å²) in [6, 6.07) is 3.50. The van der Waals surface area contributed by atoms with Crippen LogP contribution >= 0.6 is 31.9 Å². The number of amides is 3. The molecule has 1 aromatic rings. The van der Waals surface area contributed by atoms with E-state index in [2.05, 4.69) is 42.5 Å². The lowest BCUT2D eigenvalue weighted by molar-refractivity contribution is -0.144. The van der Waals surface area contributed by atoms with Crippen molar-refractivity contribution in [2.75, 3.05) is 18.4 Å². The third kappa shape index (κ3) is 3.53. The van der Waals surface area contributed by atoms with Gasteiger partial charge in [0.1, 0.15) is 12.6 Å². The summed E-state index contributed by atoms with van der Waals surface area (Å²) in [5.41, 5.74) is 0.470. The molecule has 1 atom stereocenters. The molecule has 2 rings (SSSR count). The fourth-order valence-electron chi connectivity index (χ4n) is 1.87. The summed E-state index contributed by atoms with van der Waals surface area (Å²) in [7, 11) is 0. The van der Waals surface area contributed by atoms with Gasteiger partial charge in [-0.15, -0.1) is 0 Å². The lowest BCUT2D eigenvalue weighted by Gasteiger charge is -2.32. The van der Waals surface area contributed by atoms with Crippen LogP contribution in [0.25, 0.3) is 0 Å². The number of halogens is 2. The van der Waals surface area contributed by atoms with Gasteiger partial charge in [0, 0.05) is 15.5 Å². The van der Waals surface area contributed by atoms with E-state index in [-0.39, 0.29) is 13.1 Å². The van der Waals surface area contributed by atoms with E-state index in [1.54, 1.807) is 18.2 Å². The maximum absolute atomic E-state index is 12.3. The fourth-order valence-corrected chi connectivity index (χ4v) is 3.07. The smallest absolute Gasteiger partial charge is 0.328 e. The summed E-state index contributed by atoms with van der Waals surface area (Å²) >= 11 is 6.59. The Morgan fingerprint density at radius 3 is 2.52 bits per heavy atom. The zero-order valence-corrected chi connectivity index (χ0v) is 13.8. The van der Waals surface area contributed by atoms with Crippen LogP contribution < -0.4 is 10.6 Å². The van der Waals surface area contributed by atoms with E-state index in [1.165, 1.54) is 0 Å². The molecule has 1 unspecified atom stereocenters. The molecule has 0 aromatic heterocycles. The molecule has 1 fully saturated rings. The van der Waals surface area contributed by atoms with E-state index >= 15 is 0 Å². The number of urea groups is 1. The highest BCUT2D eigenvalue weighted by Gasteiger charge is 2.35. The molecule has 0 radical (unpaired) electrons. The average Bonchev–Trinajstić information content (AvgIpc) is 2.42. The number of benzene rings is 1. The van der Waals surface area contributed by atoms with Gasteiger partial charge in [-0.3, -0.25) is 9.69 Å². The van der Waals surface area contributed by atoms with Crippen molar-refractivity contribution in [3.8, 4) is 0 Å². The van der Waals surface area contributed by atoms with Crippen molar-refractivity contribution in [1.29, 1.82) is 0 Å². The van der Waals surface area contributed by atoms with Gasteiger partial charge < -0.3 is 15.7 Å². The monoisotopic (exact) mass is 419 g/mol. The number of carbonyl (C=O) groups is 3. The van der Waals surface area contributed by atoms with Crippen molar-refractivity contribution >= 4 is 55.5 Å². The number of anilines is 1. The summed E-state index contributed by atoms with van der Waals surface area (Å²) in [6.07, 6.45) is 0. The molecule has 0 saturated carbocycles. The molecule has 1 aromatic carbocycles. The van der Waals surface area contributed by atoms with Crippen LogP contribution in [0.3, 0.4) is 0 Å². The van der Waals surface area contributed by atoms with Crippen LogP contribution in [0, 0.1) is 0 Å². The van der Waals surface area contributed by atoms with Crippen LogP contribution in [0.1, 0.15) is 0 Å². The number of carbonyl (C=O) groups excluding carboxylic acids is 2. The Balaban J connectivity index is 2.21. The Kier molecular flexibility index (Phi) is 4.84. The zero-order valence-electron chi connectivity index (χ0n) is 10.6. The number of aliphatic carboxylic acids is 1. The third-order valence-corrected chi connectivity index (χ3v) is 4.25. The largest absolute Gasteiger partial charge is 0.480 e. The van der Waals surface area contributed by atoms with Crippen molar-refractivity contribution in [1.82, 2.24) is 10.2 Å². The van der Waals surface area contributed by atoms with Crippen LogP contribution in [0.15, 0.2) is 27.1 Å². The van der Waals surface area contributed by atoms with Crippen molar-refractivity contribution in [3.05, 3.63) is 27.1 Å². The first kappa shape index (κ1) is 15.8. The molecule has 1 aliphatic heterocycles. The lowest BCUT2D eigenvalue weighted by atomic mass is 10.2. The number of rotatable bonds is 2. The first-order valence-electron chi connectivity index (χ1n) is 5.91. The van der Waals surface area contributed by atoms with Crippen molar-refractivity contribution in [2.24, 2.45) is 0 Å². The standard InChI is InChI=1S/C12H11Br2N3O4/c13-6-2-1-3-7(14)10(6)16-12(21)17-5-9(18)15-4-8(17)11(19)20/h1-3,8H,4-5H2,(H,15,18)(H,16,21)(H,19,20). The quantitative estimate of drug-likeness (QED) is 0.677. The second-order valence-electron chi connectivity index (χ2n) is 4.31. The van der Waals surface area contributed by atoms with E-state index in [9.17, 15) is 14.4 Å². The topological polar surface area (TPSA) is 98.7 Å². The fraction of sp³-hybridized carbons (Fsp3) is 0.250. The number of hydrogen-bond donors (Lipinski definition) is 3. The predicted molar refractivity (Wildman–Crippen MR) is 82.0 cm³/mol. The van der Waals surface area contributed by atoms with E-state index in [1.807, 2.05) is 0 Å². The van der Waals surface area contributed by atoms with E-state index in [0.717, 1.165) is 4.90 Å². The molecule has 0 spiro atoms. The number of carboxylic acids is 1. The minimum atomic E-state index is -1.17. The molecule has 9 heteroatoms. The van der Waals surface area contributed by atoms with Crippen LogP contribution in [-0.4, -0.2) is 47.0 Å². The average molecular weight is 421 g/mol. The molecule has 1 saturated heterocycles. The Bertz CT molecular complexity index is 588. The molecule has 0 bridgehead atoms. The lowest BCUT2D eigenvalue weighted by Crippen LogP contribution is -2.60. The molecule has 112 valence electrons. The summed E-state index contributed by atoms with van der Waals surface area (Å²) in [6.45, 7) is -0.413. The molecule has 1 heterocycles. The number of para-hydroxylation sites is 1. The molecule has 7 nitrogen and oxygen atoms in total. The highest BCUT2D eigenvalue weighted by molar-refractivity contribution is 9.11. The number of carboxylic acid groups (broad SMARTS) is 1. The van der Waals surface area contributed by atoms with Crippen molar-refractivity contribution < 1.29 is 19.5 Å². The minimum Gasteiger partial charge on any atom is -0.480 e. The van der Waals surface area contributed by atoms with E-state index in [4.69, 9.17) is 5.11 Å². The van der Waals surface area contributed by atoms with Gasteiger partial charge in [-0.2, -0.15) is 0 Å². The van der Waals surface area contributed by atoms with Gasteiger partial charge >= 0.3 is 12.0 Å². The SMILES string of the molecule is O=C1CN(C(=O)Nc2c(Br)cccc2Br)C(C(=O)O)CN1. The Hall–Kier alpha value is -1.61. The normalized spacial score (nSPS) is 18.1. The molecule has 0 aliphatic carbocycles. The Morgan fingerprint density at radius 2 is 1.95 bits per heavy atom. The van der Waals surface area contributed by atoms with Crippen molar-refractivity contribution in [2.45, 2.75) is 6.04 Å². The first-order valence-corrected chi connectivity index (χ1v) is 7.50. The minimum absolute atomic E-state index is 0.112. The maximum atomic E-state index is 12.3. The second-order valence-corrected chi connectivity index (χ2v) is 6.02. The van der Waals surface area contributed by atoms with Gasteiger partial charge in [0.15, 0.2) is 0 Å². The van der Waals surface area contributed by atoms with Gasteiger partial charge in [-0.05, 0) is 44.0 Å². The predicted octanol–water partition coefficient (Wildman–Crippen LogP) is 1.63. The summed E-state index contributed by atoms with van der Waals surface area (Å²) in [5, 5.41) is 14.2. The molecule has 3 amide bonds. The number of nitrogens with zero attached hydrogens (tertiary/aromatic N) is 1. The summed E-state index contributed by atoms with van der Waals surface area (Å²) in [4.78, 5) is 35.8. The van der Waals surface area contributed by atoms with Crippen LogP contribution in [0.4, 0.5) is 10.5 Å². The second kappa shape index (κ2) is 6.44. The number of nitrogens with one attached hydrogen (secondary N) is 2. The maximum Gasteiger partial charge on any atom is 0.328 e. The Labute approximate surface area is 136 Å². The highest BCUT2D eigenvalue weighted by Crippen LogP contribution is 2.30. The molecular formula is C12H11Br2N3O4. The highest BCUT2D eigenvalue weighted by atomic mass is 79.9. The van der Waals surface area contributed by atoms with Gasteiger partial charge in [-0.25, -0.2) is 9.59 Å². The molecule has 21 heavy (non-hydrogen) atoms. The zero-order chi connectivity index (χ0) is 15.6. The summed E-state index contributed by atoms with van der Waals surface area (Å²) < 4.78 is 1.28. The third-order valence-electron chi connectivity index (χ3n) is 2.92.